The van der Waals surface area contributed by atoms with Crippen molar-refractivity contribution < 1.29 is 23.5 Å². The van der Waals surface area contributed by atoms with Crippen molar-refractivity contribution in [2.24, 2.45) is 0 Å². The number of amides is 4. The number of carbonyl (C=O) groups excluding carboxylic acids is 3. The molecule has 0 bridgehead atoms. The lowest BCUT2D eigenvalue weighted by Crippen LogP contribution is -2.53. The number of hydrogen-bond donors (Lipinski definition) is 1. The Kier molecular flexibility index (Phi) is 5.17. The second-order valence-electron chi connectivity index (χ2n) is 7.17. The van der Waals surface area contributed by atoms with Crippen molar-refractivity contribution in [3.63, 3.8) is 0 Å². The molecule has 0 aromatic heterocycles. The summed E-state index contributed by atoms with van der Waals surface area (Å²) in [6.45, 7) is 3.08. The van der Waals surface area contributed by atoms with Gasteiger partial charge in [0.2, 0.25) is 0 Å². The van der Waals surface area contributed by atoms with Gasteiger partial charge in [0.1, 0.15) is 11.9 Å². The number of rotatable bonds is 3. The number of ether oxygens (including phenoxy) is 1. The van der Waals surface area contributed by atoms with E-state index >= 15 is 0 Å². The van der Waals surface area contributed by atoms with Gasteiger partial charge >= 0.3 is 6.03 Å². The maximum Gasteiger partial charge on any atom is 0.321 e. The van der Waals surface area contributed by atoms with E-state index in [2.05, 4.69) is 5.32 Å². The SMILES string of the molecule is O=C(c1cc(N2CCNC2=O)ccc1F)N1CCN(C(=O)C2CCCO2)CC1. The molecule has 9 heteroatoms. The minimum absolute atomic E-state index is 0.0298. The van der Waals surface area contributed by atoms with Gasteiger partial charge in [0.15, 0.2) is 0 Å². The van der Waals surface area contributed by atoms with Crippen LogP contribution in [0.4, 0.5) is 14.9 Å². The fraction of sp³-hybridized carbons (Fsp3) is 0.526. The van der Waals surface area contributed by atoms with Gasteiger partial charge in [-0.05, 0) is 31.0 Å². The van der Waals surface area contributed by atoms with E-state index in [1.54, 1.807) is 9.80 Å². The van der Waals surface area contributed by atoms with E-state index < -0.39 is 11.7 Å². The quantitative estimate of drug-likeness (QED) is 0.829. The second kappa shape index (κ2) is 7.75. The van der Waals surface area contributed by atoms with Gasteiger partial charge in [-0.15, -0.1) is 0 Å². The summed E-state index contributed by atoms with van der Waals surface area (Å²) in [7, 11) is 0. The Bertz CT molecular complexity index is 788. The van der Waals surface area contributed by atoms with Crippen LogP contribution in [-0.2, 0) is 9.53 Å². The Labute approximate surface area is 162 Å². The van der Waals surface area contributed by atoms with E-state index in [0.29, 0.717) is 51.6 Å². The Hall–Kier alpha value is -2.68. The van der Waals surface area contributed by atoms with E-state index in [1.165, 1.54) is 23.1 Å². The minimum Gasteiger partial charge on any atom is -0.368 e. The molecule has 150 valence electrons. The topological polar surface area (TPSA) is 82.2 Å². The van der Waals surface area contributed by atoms with Gasteiger partial charge in [-0.2, -0.15) is 0 Å². The van der Waals surface area contributed by atoms with Crippen LogP contribution < -0.4 is 10.2 Å². The number of hydrogen-bond acceptors (Lipinski definition) is 4. The van der Waals surface area contributed by atoms with Gasteiger partial charge in [0.25, 0.3) is 11.8 Å². The zero-order valence-electron chi connectivity index (χ0n) is 15.5. The van der Waals surface area contributed by atoms with E-state index in [1.807, 2.05) is 0 Å². The van der Waals surface area contributed by atoms with Crippen LogP contribution in [0.15, 0.2) is 18.2 Å². The third-order valence-corrected chi connectivity index (χ3v) is 5.43. The third-order valence-electron chi connectivity index (χ3n) is 5.43. The summed E-state index contributed by atoms with van der Waals surface area (Å²) in [6.07, 6.45) is 1.25. The summed E-state index contributed by atoms with van der Waals surface area (Å²) in [6, 6.07) is 3.87. The van der Waals surface area contributed by atoms with Crippen molar-refractivity contribution in [1.29, 1.82) is 0 Å². The zero-order valence-corrected chi connectivity index (χ0v) is 15.5. The maximum atomic E-state index is 14.3. The molecule has 0 radical (unpaired) electrons. The Morgan fingerprint density at radius 1 is 1.11 bits per heavy atom. The standard InChI is InChI=1S/C19H23FN4O4/c20-15-4-3-13(24-6-5-21-19(24)27)12-14(15)17(25)22-7-9-23(10-8-22)18(26)16-2-1-11-28-16/h3-4,12,16H,1-2,5-11H2,(H,21,27). The van der Waals surface area contributed by atoms with Crippen LogP contribution in [0.5, 0.6) is 0 Å². The van der Waals surface area contributed by atoms with Crippen LogP contribution >= 0.6 is 0 Å². The van der Waals surface area contributed by atoms with Crippen LogP contribution in [0.2, 0.25) is 0 Å². The van der Waals surface area contributed by atoms with Crippen molar-refractivity contribution in [3.8, 4) is 0 Å². The smallest absolute Gasteiger partial charge is 0.321 e. The van der Waals surface area contributed by atoms with Crippen molar-refractivity contribution in [2.75, 3.05) is 50.8 Å². The zero-order chi connectivity index (χ0) is 19.7. The molecule has 1 atom stereocenters. The molecule has 1 N–H and O–H groups in total. The number of nitrogens with one attached hydrogen (secondary N) is 1. The third kappa shape index (κ3) is 3.54. The molecule has 3 heterocycles. The number of urea groups is 1. The van der Waals surface area contributed by atoms with E-state index in [-0.39, 0.29) is 23.6 Å². The first-order valence-corrected chi connectivity index (χ1v) is 9.59. The highest BCUT2D eigenvalue weighted by Gasteiger charge is 2.32. The molecule has 8 nitrogen and oxygen atoms in total. The summed E-state index contributed by atoms with van der Waals surface area (Å²) in [5.41, 5.74) is 0.433. The molecule has 0 spiro atoms. The molecule has 1 unspecified atom stereocenters. The molecule has 1 aromatic rings. The predicted octanol–water partition coefficient (Wildman–Crippen LogP) is 0.819. The predicted molar refractivity (Wildman–Crippen MR) is 98.6 cm³/mol. The van der Waals surface area contributed by atoms with Crippen LogP contribution in [0.25, 0.3) is 0 Å². The summed E-state index contributed by atoms with van der Waals surface area (Å²) < 4.78 is 19.8. The molecule has 1 aromatic carbocycles. The molecule has 3 saturated heterocycles. The van der Waals surface area contributed by atoms with Gasteiger partial charge in [-0.3, -0.25) is 14.5 Å². The van der Waals surface area contributed by atoms with Crippen molar-refractivity contribution in [1.82, 2.24) is 15.1 Å². The van der Waals surface area contributed by atoms with Gasteiger partial charge in [0, 0.05) is 51.6 Å². The minimum atomic E-state index is -0.619. The molecule has 4 rings (SSSR count). The van der Waals surface area contributed by atoms with Gasteiger partial charge in [0.05, 0.1) is 5.56 Å². The number of anilines is 1. The fourth-order valence-corrected chi connectivity index (χ4v) is 3.84. The number of halogens is 1. The molecule has 3 aliphatic heterocycles. The van der Waals surface area contributed by atoms with E-state index in [0.717, 1.165) is 12.8 Å². The normalized spacial score (nSPS) is 22.5. The number of nitrogens with zero attached hydrogens (tertiary/aromatic N) is 3. The first kappa shape index (κ1) is 18.7. The molecule has 4 amide bonds. The van der Waals surface area contributed by atoms with Crippen molar-refractivity contribution in [3.05, 3.63) is 29.6 Å². The van der Waals surface area contributed by atoms with Gasteiger partial charge < -0.3 is 19.9 Å². The number of piperazine rings is 1. The van der Waals surface area contributed by atoms with E-state index in [9.17, 15) is 18.8 Å². The molecule has 0 aliphatic carbocycles. The largest absolute Gasteiger partial charge is 0.368 e. The van der Waals surface area contributed by atoms with Gasteiger partial charge in [-0.25, -0.2) is 9.18 Å². The highest BCUT2D eigenvalue weighted by Crippen LogP contribution is 2.23. The molecule has 3 fully saturated rings. The fourth-order valence-electron chi connectivity index (χ4n) is 3.84. The second-order valence-corrected chi connectivity index (χ2v) is 7.17. The molecular formula is C19H23FN4O4. The van der Waals surface area contributed by atoms with Crippen LogP contribution in [0.3, 0.4) is 0 Å². The Morgan fingerprint density at radius 3 is 2.50 bits per heavy atom. The highest BCUT2D eigenvalue weighted by molar-refractivity contribution is 5.98. The van der Waals surface area contributed by atoms with Gasteiger partial charge in [-0.1, -0.05) is 0 Å². The maximum absolute atomic E-state index is 14.3. The summed E-state index contributed by atoms with van der Waals surface area (Å²) >= 11 is 0. The lowest BCUT2D eigenvalue weighted by Gasteiger charge is -2.35. The summed E-state index contributed by atoms with van der Waals surface area (Å²) in [5, 5.41) is 2.68. The lowest BCUT2D eigenvalue weighted by molar-refractivity contribution is -0.142. The number of carbonyl (C=O) groups is 3. The van der Waals surface area contributed by atoms with Crippen molar-refractivity contribution in [2.45, 2.75) is 18.9 Å². The Morgan fingerprint density at radius 2 is 1.86 bits per heavy atom. The average Bonchev–Trinajstić information content (AvgIpc) is 3.39. The van der Waals surface area contributed by atoms with Crippen LogP contribution in [0.1, 0.15) is 23.2 Å². The molecule has 3 aliphatic rings. The first-order chi connectivity index (χ1) is 13.5. The first-order valence-electron chi connectivity index (χ1n) is 9.59. The summed E-state index contributed by atoms with van der Waals surface area (Å²) in [5.74, 6) is -1.08. The number of benzene rings is 1. The average molecular weight is 390 g/mol. The van der Waals surface area contributed by atoms with Crippen molar-refractivity contribution >= 4 is 23.5 Å². The lowest BCUT2D eigenvalue weighted by atomic mass is 10.1. The van der Waals surface area contributed by atoms with Crippen LogP contribution in [0, 0.1) is 5.82 Å². The highest BCUT2D eigenvalue weighted by atomic mass is 19.1. The summed E-state index contributed by atoms with van der Waals surface area (Å²) in [4.78, 5) is 41.8. The van der Waals surface area contributed by atoms with E-state index in [4.69, 9.17) is 4.74 Å². The molecule has 0 saturated carbocycles. The molecule has 28 heavy (non-hydrogen) atoms. The van der Waals surface area contributed by atoms with Crippen LogP contribution in [-0.4, -0.2) is 79.6 Å². The monoisotopic (exact) mass is 390 g/mol. The molecular weight excluding hydrogens is 367 g/mol. The Balaban J connectivity index is 1.42.